The Morgan fingerprint density at radius 1 is 0.744 bits per heavy atom. The fourth-order valence-electron chi connectivity index (χ4n) is 5.64. The smallest absolute Gasteiger partial charge is 0.287 e. The predicted octanol–water partition coefficient (Wildman–Crippen LogP) is 6.07. The Labute approximate surface area is 276 Å². The second-order valence-corrected chi connectivity index (χ2v) is 11.1. The molecule has 2 aromatic heterocycles. The van der Waals surface area contributed by atoms with E-state index in [1.165, 1.54) is 68.2 Å². The number of anilines is 1. The zero-order chi connectivity index (χ0) is 29.7. The molecule has 43 heavy (non-hydrogen) atoms. The normalized spacial score (nSPS) is 11.2. The van der Waals surface area contributed by atoms with E-state index in [4.69, 9.17) is 9.47 Å². The molecule has 0 bridgehead atoms. The Morgan fingerprint density at radius 2 is 1.42 bits per heavy atom. The number of hydrogen-bond acceptors (Lipinski definition) is 3. The van der Waals surface area contributed by atoms with Gasteiger partial charge in [0, 0.05) is 30.9 Å². The topological polar surface area (TPSA) is 30.7 Å². The summed E-state index contributed by atoms with van der Waals surface area (Å²) in [5, 5.41) is 0. The lowest BCUT2D eigenvalue weighted by molar-refractivity contribution is -0.510. The first-order chi connectivity index (χ1) is 20.6. The van der Waals surface area contributed by atoms with E-state index >= 15 is 0 Å². The van der Waals surface area contributed by atoms with Crippen LogP contribution < -0.4 is 42.8 Å². The highest BCUT2D eigenvalue weighted by Gasteiger charge is 2.21. The van der Waals surface area contributed by atoms with Gasteiger partial charge in [0.25, 0.3) is 5.65 Å². The molecule has 5 nitrogen and oxygen atoms in total. The number of rotatable bonds is 17. The van der Waals surface area contributed by atoms with E-state index < -0.39 is 0 Å². The van der Waals surface area contributed by atoms with Crippen molar-refractivity contribution < 1.29 is 37.9 Å². The van der Waals surface area contributed by atoms with Crippen LogP contribution in [0.25, 0.3) is 29.1 Å². The molecule has 0 N–H and O–H groups in total. The SMILES string of the molecule is CCCCCCN(CCCCCC)c1ccc(/C=C/c2cc[n+]3cc(-c4ccc(OC)cc4OC)n(CC)c3c2)cc1.[I-]. The second kappa shape index (κ2) is 18.0. The van der Waals surface area contributed by atoms with Crippen LogP contribution in [0.5, 0.6) is 11.5 Å². The monoisotopic (exact) mass is 695 g/mol. The van der Waals surface area contributed by atoms with Gasteiger partial charge in [-0.2, -0.15) is 0 Å². The van der Waals surface area contributed by atoms with Gasteiger partial charge in [0.05, 0.1) is 32.5 Å². The van der Waals surface area contributed by atoms with Gasteiger partial charge in [0.2, 0.25) is 0 Å². The molecule has 232 valence electrons. The van der Waals surface area contributed by atoms with Crippen molar-refractivity contribution in [3.05, 3.63) is 78.1 Å². The summed E-state index contributed by atoms with van der Waals surface area (Å²) in [6.07, 6.45) is 19.2. The molecule has 6 heteroatoms. The maximum Gasteiger partial charge on any atom is 0.287 e. The molecular formula is C37H50IN3O2. The van der Waals surface area contributed by atoms with Crippen LogP contribution in [0.1, 0.15) is 83.3 Å². The number of aryl methyl sites for hydroxylation is 1. The third kappa shape index (κ3) is 9.24. The third-order valence-corrected chi connectivity index (χ3v) is 8.11. The number of hydrogen-bond donors (Lipinski definition) is 0. The number of imidazole rings is 1. The van der Waals surface area contributed by atoms with Gasteiger partial charge in [-0.05, 0) is 61.2 Å². The van der Waals surface area contributed by atoms with Crippen LogP contribution in [-0.2, 0) is 6.54 Å². The molecule has 0 saturated heterocycles. The number of unbranched alkanes of at least 4 members (excludes halogenated alkanes) is 6. The van der Waals surface area contributed by atoms with Crippen molar-refractivity contribution in [2.45, 2.75) is 78.7 Å². The second-order valence-electron chi connectivity index (χ2n) is 11.1. The van der Waals surface area contributed by atoms with E-state index in [2.05, 4.69) is 102 Å². The third-order valence-electron chi connectivity index (χ3n) is 8.11. The molecule has 2 heterocycles. The summed E-state index contributed by atoms with van der Waals surface area (Å²) in [5.41, 5.74) is 7.05. The summed E-state index contributed by atoms with van der Waals surface area (Å²) in [6.45, 7) is 9.90. The van der Waals surface area contributed by atoms with Gasteiger partial charge in [0.1, 0.15) is 17.7 Å². The minimum atomic E-state index is 0. The van der Waals surface area contributed by atoms with Crippen molar-refractivity contribution in [3.63, 3.8) is 0 Å². The number of nitrogens with zero attached hydrogens (tertiary/aromatic N) is 3. The van der Waals surface area contributed by atoms with Crippen molar-refractivity contribution >= 4 is 23.5 Å². The maximum absolute atomic E-state index is 5.71. The van der Waals surface area contributed by atoms with Gasteiger partial charge in [-0.15, -0.1) is 0 Å². The summed E-state index contributed by atoms with van der Waals surface area (Å²) in [7, 11) is 3.38. The first kappa shape index (κ1) is 34.5. The quantitative estimate of drug-likeness (QED) is 0.0764. The number of benzene rings is 2. The van der Waals surface area contributed by atoms with E-state index in [9.17, 15) is 0 Å². The molecule has 0 radical (unpaired) electrons. The molecule has 4 aromatic rings. The van der Waals surface area contributed by atoms with Crippen LogP contribution in [-0.4, -0.2) is 31.9 Å². The van der Waals surface area contributed by atoms with Gasteiger partial charge in [-0.1, -0.05) is 76.7 Å². The first-order valence-corrected chi connectivity index (χ1v) is 15.9. The summed E-state index contributed by atoms with van der Waals surface area (Å²) < 4.78 is 15.6. The average Bonchev–Trinajstić information content (AvgIpc) is 3.40. The van der Waals surface area contributed by atoms with E-state index in [-0.39, 0.29) is 24.0 Å². The number of pyridine rings is 1. The van der Waals surface area contributed by atoms with Crippen LogP contribution in [0.15, 0.2) is 67.0 Å². The summed E-state index contributed by atoms with van der Waals surface area (Å²) >= 11 is 0. The zero-order valence-electron chi connectivity index (χ0n) is 26.8. The largest absolute Gasteiger partial charge is 1.00 e. The molecule has 0 unspecified atom stereocenters. The summed E-state index contributed by atoms with van der Waals surface area (Å²) in [6, 6.07) is 19.5. The Kier molecular flexibility index (Phi) is 14.4. The molecule has 0 fully saturated rings. The lowest BCUT2D eigenvalue weighted by atomic mass is 10.1. The van der Waals surface area contributed by atoms with E-state index in [0.717, 1.165) is 48.0 Å². The summed E-state index contributed by atoms with van der Waals surface area (Å²) in [5.74, 6) is 1.59. The van der Waals surface area contributed by atoms with Crippen LogP contribution >= 0.6 is 0 Å². The van der Waals surface area contributed by atoms with Gasteiger partial charge >= 0.3 is 0 Å². The van der Waals surface area contributed by atoms with Gasteiger partial charge in [-0.3, -0.25) is 0 Å². The molecule has 4 rings (SSSR count). The van der Waals surface area contributed by atoms with Crippen LogP contribution in [0.2, 0.25) is 0 Å². The molecule has 2 aromatic carbocycles. The van der Waals surface area contributed by atoms with E-state index in [1.807, 2.05) is 12.1 Å². The molecule has 0 aliphatic rings. The highest BCUT2D eigenvalue weighted by Crippen LogP contribution is 2.34. The minimum absolute atomic E-state index is 0. The van der Waals surface area contributed by atoms with Gasteiger partial charge in [0.15, 0.2) is 5.69 Å². The number of halogens is 1. The first-order valence-electron chi connectivity index (χ1n) is 15.9. The number of methoxy groups -OCH3 is 2. The van der Waals surface area contributed by atoms with Crippen molar-refractivity contribution in [2.24, 2.45) is 0 Å². The van der Waals surface area contributed by atoms with Crippen LogP contribution in [0.4, 0.5) is 5.69 Å². The molecule has 0 amide bonds. The standard InChI is InChI=1S/C37H50N3O2.HI/c1-6-9-11-13-24-38(25-14-12-10-7-2)32-19-17-30(18-20-32)15-16-31-23-26-39-29-35(40(8-3)37(39)27-31)34-22-21-33(41-4)28-36(34)42-5;/h15-23,26-29H,6-14,24-25H2,1-5H3;1H/q+1;/p-1. The van der Waals surface area contributed by atoms with Crippen molar-refractivity contribution in [1.82, 2.24) is 4.57 Å². The highest BCUT2D eigenvalue weighted by atomic mass is 127. The fourth-order valence-corrected chi connectivity index (χ4v) is 5.64. The van der Waals surface area contributed by atoms with E-state index in [1.54, 1.807) is 14.2 Å². The van der Waals surface area contributed by atoms with E-state index in [0.29, 0.717) is 0 Å². The maximum atomic E-state index is 5.71. The van der Waals surface area contributed by atoms with Gasteiger partial charge in [-0.25, -0.2) is 8.97 Å². The zero-order valence-corrected chi connectivity index (χ0v) is 29.0. The Morgan fingerprint density at radius 3 is 2.02 bits per heavy atom. The lowest BCUT2D eigenvalue weighted by Gasteiger charge is -2.25. The average molecular weight is 696 g/mol. The molecule has 0 aliphatic carbocycles. The molecule has 0 aliphatic heterocycles. The number of aromatic nitrogens is 2. The highest BCUT2D eigenvalue weighted by molar-refractivity contribution is 5.73. The predicted molar refractivity (Wildman–Crippen MR) is 178 cm³/mol. The van der Waals surface area contributed by atoms with Crippen molar-refractivity contribution in [3.8, 4) is 22.8 Å². The van der Waals surface area contributed by atoms with Crippen LogP contribution in [0, 0.1) is 0 Å². The minimum Gasteiger partial charge on any atom is -1.00 e. The molecule has 0 atom stereocenters. The Bertz CT molecular complexity index is 1420. The number of ether oxygens (including phenoxy) is 2. The summed E-state index contributed by atoms with van der Waals surface area (Å²) in [4.78, 5) is 2.60. The van der Waals surface area contributed by atoms with Crippen molar-refractivity contribution in [2.75, 3.05) is 32.2 Å². The molecular weight excluding hydrogens is 645 g/mol. The van der Waals surface area contributed by atoms with Gasteiger partial charge < -0.3 is 38.4 Å². The number of fused-ring (bicyclic) bond motifs is 1. The molecule has 0 spiro atoms. The Hall–Kier alpha value is -3.00. The molecule has 0 saturated carbocycles. The fraction of sp³-hybridized carbons (Fsp3) is 0.432. The Balaban J connectivity index is 0.00000506. The lowest BCUT2D eigenvalue weighted by Crippen LogP contribution is -3.00. The van der Waals surface area contributed by atoms with Crippen molar-refractivity contribution in [1.29, 1.82) is 0 Å². The van der Waals surface area contributed by atoms with Crippen LogP contribution in [0.3, 0.4) is 0 Å².